The number of halogens is 1. The summed E-state index contributed by atoms with van der Waals surface area (Å²) in [6, 6.07) is 33.8. The molecule has 2 N–H and O–H groups in total. The molecule has 7 heteroatoms. The van der Waals surface area contributed by atoms with E-state index in [0.717, 1.165) is 32.2 Å². The summed E-state index contributed by atoms with van der Waals surface area (Å²) in [6.07, 6.45) is 1.33. The topological polar surface area (TPSA) is 67.8 Å². The lowest BCUT2D eigenvalue weighted by molar-refractivity contribution is 0.0378. The Hall–Kier alpha value is -3.45. The van der Waals surface area contributed by atoms with Gasteiger partial charge in [0.15, 0.2) is 0 Å². The highest BCUT2D eigenvalue weighted by Gasteiger charge is 2.34. The molecule has 0 radical (unpaired) electrons. The maximum atomic E-state index is 12.7. The summed E-state index contributed by atoms with van der Waals surface area (Å²) in [5, 5.41) is 14.2. The van der Waals surface area contributed by atoms with E-state index in [2.05, 4.69) is 17.4 Å². The van der Waals surface area contributed by atoms with Crippen molar-refractivity contribution in [3.05, 3.63) is 125 Å². The zero-order chi connectivity index (χ0) is 30.0. The Labute approximate surface area is 258 Å². The first kappa shape index (κ1) is 31.5. The molecule has 1 atom stereocenters. The van der Waals surface area contributed by atoms with Gasteiger partial charge in [-0.2, -0.15) is 0 Å². The van der Waals surface area contributed by atoms with Crippen LogP contribution in [0.2, 0.25) is 5.02 Å². The van der Waals surface area contributed by atoms with Gasteiger partial charge in [0, 0.05) is 14.8 Å². The van der Waals surface area contributed by atoms with Crippen LogP contribution in [-0.4, -0.2) is 23.4 Å². The van der Waals surface area contributed by atoms with Crippen LogP contribution in [-0.2, 0) is 23.3 Å². The van der Waals surface area contributed by atoms with E-state index < -0.39 is 17.2 Å². The van der Waals surface area contributed by atoms with Crippen LogP contribution in [0, 0.1) is 0 Å². The van der Waals surface area contributed by atoms with Crippen molar-refractivity contribution >= 4 is 29.5 Å². The van der Waals surface area contributed by atoms with Crippen molar-refractivity contribution in [1.82, 2.24) is 5.32 Å². The number of alkyl carbamates (subject to hydrolysis) is 1. The molecule has 4 aromatic rings. The third-order valence-electron chi connectivity index (χ3n) is 6.70. The van der Waals surface area contributed by atoms with E-state index in [1.165, 1.54) is 0 Å². The molecular weight excluding hydrogens is 566 g/mol. The van der Waals surface area contributed by atoms with E-state index in [4.69, 9.17) is 21.1 Å². The molecule has 0 spiro atoms. The molecule has 0 aliphatic rings. The van der Waals surface area contributed by atoms with Gasteiger partial charge in [0.05, 0.1) is 12.1 Å². The lowest BCUT2D eigenvalue weighted by Crippen LogP contribution is -2.50. The Balaban J connectivity index is 1.39. The number of nitrogens with one attached hydrogen (secondary N) is 1. The average molecular weight is 604 g/mol. The number of hydrogen-bond acceptors (Lipinski definition) is 5. The van der Waals surface area contributed by atoms with Gasteiger partial charge in [-0.05, 0) is 87.1 Å². The lowest BCUT2D eigenvalue weighted by Gasteiger charge is -2.34. The molecule has 0 aromatic heterocycles. The van der Waals surface area contributed by atoms with E-state index in [-0.39, 0.29) is 6.61 Å². The van der Waals surface area contributed by atoms with E-state index >= 15 is 0 Å². The van der Waals surface area contributed by atoms with Crippen molar-refractivity contribution < 1.29 is 19.4 Å². The molecule has 0 aliphatic heterocycles. The highest BCUT2D eigenvalue weighted by atomic mass is 35.5. The van der Waals surface area contributed by atoms with Crippen LogP contribution in [0.4, 0.5) is 4.79 Å². The van der Waals surface area contributed by atoms with Gasteiger partial charge in [-0.1, -0.05) is 96.2 Å². The van der Waals surface area contributed by atoms with Gasteiger partial charge in [0.25, 0.3) is 0 Å². The fraction of sp³-hybridized carbons (Fsp3) is 0.286. The first-order valence-electron chi connectivity index (χ1n) is 14.1. The second kappa shape index (κ2) is 14.6. The fourth-order valence-electron chi connectivity index (χ4n) is 4.62. The summed E-state index contributed by atoms with van der Waals surface area (Å²) in [7, 11) is 0. The van der Waals surface area contributed by atoms with Gasteiger partial charge in [-0.15, -0.1) is 0 Å². The van der Waals surface area contributed by atoms with Gasteiger partial charge >= 0.3 is 6.09 Å². The summed E-state index contributed by atoms with van der Waals surface area (Å²) < 4.78 is 11.5. The normalized spacial score (nSPS) is 12.8. The van der Waals surface area contributed by atoms with Crippen molar-refractivity contribution in [2.45, 2.75) is 67.6 Å². The van der Waals surface area contributed by atoms with E-state index in [1.54, 1.807) is 11.8 Å². The molecule has 0 saturated carbocycles. The Bertz CT molecular complexity index is 1440. The van der Waals surface area contributed by atoms with Crippen molar-refractivity contribution in [3.63, 3.8) is 0 Å². The Kier molecular flexibility index (Phi) is 11.0. The van der Waals surface area contributed by atoms with Crippen LogP contribution in [0.1, 0.15) is 50.3 Å². The number of hydrogen-bond donors (Lipinski definition) is 2. The molecule has 1 unspecified atom stereocenters. The highest BCUT2D eigenvalue weighted by Crippen LogP contribution is 2.34. The SMILES string of the molecule is CC(C)(C)OC(=O)NC(CO)(CCCc1ccc(Sc2cccc(OCc3ccccc3)c2)cc1Cl)c1ccccc1. The molecule has 4 rings (SSSR count). The average Bonchev–Trinajstić information content (AvgIpc) is 2.97. The molecule has 0 saturated heterocycles. The smallest absolute Gasteiger partial charge is 0.408 e. The molecule has 1 amide bonds. The Morgan fingerprint density at radius 2 is 1.57 bits per heavy atom. The number of ether oxygens (including phenoxy) is 2. The van der Waals surface area contributed by atoms with Gasteiger partial charge in [-0.25, -0.2) is 4.79 Å². The summed E-state index contributed by atoms with van der Waals surface area (Å²) >= 11 is 8.35. The fourth-order valence-corrected chi connectivity index (χ4v) is 5.87. The lowest BCUT2D eigenvalue weighted by atomic mass is 9.85. The van der Waals surface area contributed by atoms with Crippen LogP contribution in [0.5, 0.6) is 5.75 Å². The summed E-state index contributed by atoms with van der Waals surface area (Å²) in [4.78, 5) is 14.8. The largest absolute Gasteiger partial charge is 0.489 e. The Morgan fingerprint density at radius 1 is 0.881 bits per heavy atom. The first-order valence-corrected chi connectivity index (χ1v) is 15.3. The molecule has 0 fully saturated rings. The van der Waals surface area contributed by atoms with Crippen molar-refractivity contribution in [3.8, 4) is 5.75 Å². The third kappa shape index (κ3) is 9.28. The molecule has 5 nitrogen and oxygen atoms in total. The number of carbonyl (C=O) groups excluding carboxylic acids is 1. The van der Waals surface area contributed by atoms with Gasteiger partial charge < -0.3 is 19.9 Å². The minimum atomic E-state index is -0.973. The number of rotatable bonds is 12. The van der Waals surface area contributed by atoms with E-state index in [0.29, 0.717) is 30.9 Å². The number of amides is 1. The van der Waals surface area contributed by atoms with Crippen LogP contribution in [0.25, 0.3) is 0 Å². The molecular formula is C35H38ClNO4S. The highest BCUT2D eigenvalue weighted by molar-refractivity contribution is 7.99. The maximum Gasteiger partial charge on any atom is 0.408 e. The molecule has 4 aromatic carbocycles. The van der Waals surface area contributed by atoms with Gasteiger partial charge in [0.2, 0.25) is 0 Å². The Morgan fingerprint density at radius 3 is 2.24 bits per heavy atom. The summed E-state index contributed by atoms with van der Waals surface area (Å²) in [6.45, 7) is 5.71. The molecule has 0 aliphatic carbocycles. The number of aryl methyl sites for hydroxylation is 1. The minimum absolute atomic E-state index is 0.256. The summed E-state index contributed by atoms with van der Waals surface area (Å²) in [5.41, 5.74) is 1.34. The van der Waals surface area contributed by atoms with Crippen molar-refractivity contribution in [2.75, 3.05) is 6.61 Å². The number of aliphatic hydroxyl groups excluding tert-OH is 1. The second-order valence-electron chi connectivity index (χ2n) is 11.2. The number of benzene rings is 4. The second-order valence-corrected chi connectivity index (χ2v) is 12.7. The van der Waals surface area contributed by atoms with Crippen LogP contribution in [0.15, 0.2) is 113 Å². The minimum Gasteiger partial charge on any atom is -0.489 e. The van der Waals surface area contributed by atoms with Crippen molar-refractivity contribution in [1.29, 1.82) is 0 Å². The quantitative estimate of drug-likeness (QED) is 0.169. The molecule has 220 valence electrons. The maximum absolute atomic E-state index is 12.7. The first-order chi connectivity index (χ1) is 20.2. The molecule has 0 heterocycles. The van der Waals surface area contributed by atoms with Gasteiger partial charge in [-0.3, -0.25) is 0 Å². The van der Waals surface area contributed by atoms with E-state index in [9.17, 15) is 9.90 Å². The summed E-state index contributed by atoms with van der Waals surface area (Å²) in [5.74, 6) is 0.817. The standard InChI is InChI=1S/C35H38ClNO4S/c1-34(2,3)41-33(39)37-35(25-38,28-15-8-5-9-16-28)21-11-14-27-19-20-31(23-32(27)36)42-30-18-10-17-29(22-30)40-24-26-12-6-4-7-13-26/h4-10,12-13,15-20,22-23,38H,11,14,21,24-25H2,1-3H3,(H,37,39). The molecule has 0 bridgehead atoms. The predicted octanol–water partition coefficient (Wildman–Crippen LogP) is 8.81. The number of aliphatic hydroxyl groups is 1. The van der Waals surface area contributed by atoms with Crippen LogP contribution >= 0.6 is 23.4 Å². The van der Waals surface area contributed by atoms with Crippen molar-refractivity contribution in [2.24, 2.45) is 0 Å². The predicted molar refractivity (Wildman–Crippen MR) is 170 cm³/mol. The monoisotopic (exact) mass is 603 g/mol. The third-order valence-corrected chi connectivity index (χ3v) is 8.03. The zero-order valence-electron chi connectivity index (χ0n) is 24.3. The van der Waals surface area contributed by atoms with Crippen LogP contribution < -0.4 is 10.1 Å². The zero-order valence-corrected chi connectivity index (χ0v) is 25.9. The van der Waals surface area contributed by atoms with Gasteiger partial charge in [0.1, 0.15) is 18.0 Å². The van der Waals surface area contributed by atoms with E-state index in [1.807, 2.05) is 112 Å². The van der Waals surface area contributed by atoms with Crippen LogP contribution in [0.3, 0.4) is 0 Å². The molecule has 42 heavy (non-hydrogen) atoms. The number of carbonyl (C=O) groups is 1.